The molecule has 1 aromatic carbocycles. The second-order valence-electron chi connectivity index (χ2n) is 5.32. The van der Waals surface area contributed by atoms with Gasteiger partial charge in [0.15, 0.2) is 0 Å². The van der Waals surface area contributed by atoms with Crippen molar-refractivity contribution >= 4 is 5.97 Å². The molecule has 0 heterocycles. The van der Waals surface area contributed by atoms with Crippen molar-refractivity contribution in [3.8, 4) is 5.75 Å². The number of methoxy groups -OCH3 is 1. The van der Waals surface area contributed by atoms with E-state index in [2.05, 4.69) is 6.92 Å². The highest BCUT2D eigenvalue weighted by atomic mass is 16.5. The molecule has 1 aromatic rings. The van der Waals surface area contributed by atoms with Crippen LogP contribution in [0.5, 0.6) is 5.75 Å². The Kier molecular flexibility index (Phi) is 7.13. The van der Waals surface area contributed by atoms with E-state index in [1.54, 1.807) is 6.07 Å². The summed E-state index contributed by atoms with van der Waals surface area (Å²) < 4.78 is 4.70. The zero-order chi connectivity index (χ0) is 15.0. The standard InChI is InChI=1S/C17H26O3/c1-4-5-6-7-8-9-10-14-11-13(2)16(18)15(12-14)17(19)20-3/h11-12,18H,4-10H2,1-3H3. The topological polar surface area (TPSA) is 46.5 Å². The Bertz CT molecular complexity index is 438. The highest BCUT2D eigenvalue weighted by molar-refractivity contribution is 5.93. The minimum absolute atomic E-state index is 0.0311. The molecule has 1 N–H and O–H groups in total. The number of phenols is 1. The van der Waals surface area contributed by atoms with E-state index in [1.165, 1.54) is 39.2 Å². The molecule has 0 aliphatic heterocycles. The van der Waals surface area contributed by atoms with Crippen LogP contribution in [0.15, 0.2) is 12.1 Å². The molecule has 0 aliphatic rings. The lowest BCUT2D eigenvalue weighted by Crippen LogP contribution is -2.04. The van der Waals surface area contributed by atoms with Crippen LogP contribution >= 0.6 is 0 Å². The number of phenolic OH excluding ortho intramolecular Hbond substituents is 1. The van der Waals surface area contributed by atoms with Crippen LogP contribution in [0.4, 0.5) is 0 Å². The zero-order valence-electron chi connectivity index (χ0n) is 12.9. The average molecular weight is 278 g/mol. The van der Waals surface area contributed by atoms with E-state index in [9.17, 15) is 9.90 Å². The molecule has 0 saturated carbocycles. The average Bonchev–Trinajstić information content (AvgIpc) is 2.45. The van der Waals surface area contributed by atoms with Crippen molar-refractivity contribution in [3.63, 3.8) is 0 Å². The van der Waals surface area contributed by atoms with Crippen LogP contribution in [0.2, 0.25) is 0 Å². The van der Waals surface area contributed by atoms with Crippen molar-refractivity contribution in [1.82, 2.24) is 0 Å². The molecular weight excluding hydrogens is 252 g/mol. The van der Waals surface area contributed by atoms with Gasteiger partial charge in [-0.15, -0.1) is 0 Å². The number of aryl methyl sites for hydroxylation is 2. The predicted octanol–water partition coefficient (Wildman–Crippen LogP) is 4.39. The molecule has 0 radical (unpaired) electrons. The van der Waals surface area contributed by atoms with Gasteiger partial charge in [0.05, 0.1) is 7.11 Å². The fourth-order valence-corrected chi connectivity index (χ4v) is 2.37. The predicted molar refractivity (Wildman–Crippen MR) is 81.3 cm³/mol. The molecule has 0 spiro atoms. The Hall–Kier alpha value is -1.51. The number of unbranched alkanes of at least 4 members (excludes halogenated alkanes) is 5. The highest BCUT2D eigenvalue weighted by Crippen LogP contribution is 2.25. The van der Waals surface area contributed by atoms with Gasteiger partial charge in [-0.05, 0) is 37.0 Å². The SMILES string of the molecule is CCCCCCCCc1cc(C)c(O)c(C(=O)OC)c1. The molecule has 112 valence electrons. The smallest absolute Gasteiger partial charge is 0.341 e. The Labute approximate surface area is 122 Å². The van der Waals surface area contributed by atoms with E-state index in [4.69, 9.17) is 4.74 Å². The summed E-state index contributed by atoms with van der Waals surface area (Å²) in [5, 5.41) is 9.89. The summed E-state index contributed by atoms with van der Waals surface area (Å²) in [5.74, 6) is -0.445. The molecular formula is C17H26O3. The van der Waals surface area contributed by atoms with Gasteiger partial charge in [0, 0.05) is 0 Å². The van der Waals surface area contributed by atoms with Crippen LogP contribution in [-0.2, 0) is 11.2 Å². The van der Waals surface area contributed by atoms with Crippen molar-refractivity contribution in [2.75, 3.05) is 7.11 Å². The Balaban J connectivity index is 2.58. The lowest BCUT2D eigenvalue weighted by molar-refractivity contribution is 0.0597. The van der Waals surface area contributed by atoms with Crippen molar-refractivity contribution < 1.29 is 14.6 Å². The van der Waals surface area contributed by atoms with E-state index in [-0.39, 0.29) is 11.3 Å². The largest absolute Gasteiger partial charge is 0.507 e. The highest BCUT2D eigenvalue weighted by Gasteiger charge is 2.14. The second-order valence-corrected chi connectivity index (χ2v) is 5.32. The third-order valence-electron chi connectivity index (χ3n) is 3.58. The summed E-state index contributed by atoms with van der Waals surface area (Å²) >= 11 is 0. The monoisotopic (exact) mass is 278 g/mol. The Morgan fingerprint density at radius 1 is 1.15 bits per heavy atom. The number of hydrogen-bond donors (Lipinski definition) is 1. The lowest BCUT2D eigenvalue weighted by Gasteiger charge is -2.09. The van der Waals surface area contributed by atoms with Crippen LogP contribution in [-0.4, -0.2) is 18.2 Å². The van der Waals surface area contributed by atoms with Gasteiger partial charge in [-0.3, -0.25) is 0 Å². The summed E-state index contributed by atoms with van der Waals surface area (Å²) in [7, 11) is 1.33. The summed E-state index contributed by atoms with van der Waals surface area (Å²) in [6.07, 6.45) is 8.43. The molecule has 0 bridgehead atoms. The van der Waals surface area contributed by atoms with Gasteiger partial charge in [0.25, 0.3) is 0 Å². The molecule has 0 atom stereocenters. The molecule has 3 heteroatoms. The molecule has 0 aromatic heterocycles. The normalized spacial score (nSPS) is 10.6. The number of rotatable bonds is 8. The number of ether oxygens (including phenoxy) is 1. The third-order valence-corrected chi connectivity index (χ3v) is 3.58. The number of benzene rings is 1. The van der Waals surface area contributed by atoms with Crippen LogP contribution in [0.25, 0.3) is 0 Å². The fraction of sp³-hybridized carbons (Fsp3) is 0.588. The van der Waals surface area contributed by atoms with Gasteiger partial charge < -0.3 is 9.84 Å². The van der Waals surface area contributed by atoms with Crippen LogP contribution in [0.1, 0.15) is 66.9 Å². The number of esters is 1. The van der Waals surface area contributed by atoms with E-state index in [0.29, 0.717) is 0 Å². The van der Waals surface area contributed by atoms with Crippen molar-refractivity contribution in [2.45, 2.75) is 58.8 Å². The maximum absolute atomic E-state index is 11.6. The first-order valence-corrected chi connectivity index (χ1v) is 7.51. The molecule has 0 saturated heterocycles. The summed E-state index contributed by atoms with van der Waals surface area (Å²) in [6, 6.07) is 3.70. The maximum atomic E-state index is 11.6. The third kappa shape index (κ3) is 4.87. The van der Waals surface area contributed by atoms with Gasteiger partial charge in [0.2, 0.25) is 0 Å². The van der Waals surface area contributed by atoms with E-state index < -0.39 is 5.97 Å². The van der Waals surface area contributed by atoms with Gasteiger partial charge in [-0.2, -0.15) is 0 Å². The molecule has 3 nitrogen and oxygen atoms in total. The van der Waals surface area contributed by atoms with Crippen LogP contribution in [0.3, 0.4) is 0 Å². The molecule has 20 heavy (non-hydrogen) atoms. The number of aromatic hydroxyl groups is 1. The molecule has 0 amide bonds. The number of hydrogen-bond acceptors (Lipinski definition) is 3. The van der Waals surface area contributed by atoms with Gasteiger partial charge in [-0.1, -0.05) is 45.1 Å². The number of carbonyl (C=O) groups excluding carboxylic acids is 1. The minimum atomic E-state index is -0.476. The molecule has 0 unspecified atom stereocenters. The molecule has 1 rings (SSSR count). The summed E-state index contributed by atoms with van der Waals surface area (Å²) in [6.45, 7) is 4.03. The van der Waals surface area contributed by atoms with Crippen LogP contribution in [0, 0.1) is 6.92 Å². The van der Waals surface area contributed by atoms with Crippen LogP contribution < -0.4 is 0 Å². The second kappa shape index (κ2) is 8.62. The first-order valence-electron chi connectivity index (χ1n) is 7.51. The van der Waals surface area contributed by atoms with E-state index >= 15 is 0 Å². The quantitative estimate of drug-likeness (QED) is 0.566. The van der Waals surface area contributed by atoms with Gasteiger partial charge in [0.1, 0.15) is 11.3 Å². The number of carbonyl (C=O) groups is 1. The first-order chi connectivity index (χ1) is 9.60. The summed E-state index contributed by atoms with van der Waals surface area (Å²) in [5.41, 5.74) is 2.10. The molecule has 0 aliphatic carbocycles. The Morgan fingerprint density at radius 2 is 1.80 bits per heavy atom. The first kappa shape index (κ1) is 16.5. The van der Waals surface area contributed by atoms with Crippen molar-refractivity contribution in [2.24, 2.45) is 0 Å². The van der Waals surface area contributed by atoms with E-state index in [0.717, 1.165) is 24.0 Å². The summed E-state index contributed by atoms with van der Waals surface area (Å²) in [4.78, 5) is 11.6. The zero-order valence-corrected chi connectivity index (χ0v) is 12.9. The van der Waals surface area contributed by atoms with Crippen molar-refractivity contribution in [3.05, 3.63) is 28.8 Å². The molecule has 0 fully saturated rings. The van der Waals surface area contributed by atoms with Crippen molar-refractivity contribution in [1.29, 1.82) is 0 Å². The van der Waals surface area contributed by atoms with Gasteiger partial charge >= 0.3 is 5.97 Å². The van der Waals surface area contributed by atoms with E-state index in [1.807, 2.05) is 13.0 Å². The Morgan fingerprint density at radius 3 is 2.45 bits per heavy atom. The maximum Gasteiger partial charge on any atom is 0.341 e. The fourth-order valence-electron chi connectivity index (χ4n) is 2.37. The van der Waals surface area contributed by atoms with Gasteiger partial charge in [-0.25, -0.2) is 4.79 Å². The minimum Gasteiger partial charge on any atom is -0.507 e. The lowest BCUT2D eigenvalue weighted by atomic mass is 10.00.